The maximum absolute atomic E-state index is 12.2. The van der Waals surface area contributed by atoms with Gasteiger partial charge in [0.25, 0.3) is 0 Å². The summed E-state index contributed by atoms with van der Waals surface area (Å²) >= 11 is 0. The molecule has 0 fully saturated rings. The number of hydrogen-bond acceptors (Lipinski definition) is 5. The molecule has 6 rings (SSSR count). The van der Waals surface area contributed by atoms with Crippen molar-refractivity contribution in [2.75, 3.05) is 0 Å². The maximum Gasteiger partial charge on any atom is 0.164 e. The molecule has 1 N–H and O–H groups in total. The van der Waals surface area contributed by atoms with Crippen LogP contribution in [0.3, 0.4) is 0 Å². The third-order valence-corrected chi connectivity index (χ3v) is 10.8. The van der Waals surface area contributed by atoms with Crippen LogP contribution in [-0.4, -0.2) is 20.9 Å². The molecule has 0 aliphatic heterocycles. The molecule has 0 aliphatic rings. The van der Waals surface area contributed by atoms with Crippen molar-refractivity contribution in [2.24, 2.45) is 10.8 Å². The van der Waals surface area contributed by atoms with E-state index in [1.807, 2.05) is 47.6 Å². The third-order valence-electron chi connectivity index (χ3n) is 10.8. The number of allylic oxidation sites excluding steroid dienone is 2. The zero-order chi connectivity index (χ0) is 34.8. The number of rotatable bonds is 9. The summed E-state index contributed by atoms with van der Waals surface area (Å²) in [6.45, 7) is 18.6. The van der Waals surface area contributed by atoms with Crippen molar-refractivity contribution in [1.82, 2.24) is 9.97 Å². The predicted octanol–water partition coefficient (Wildman–Crippen LogP) is 12.2. The molecule has 0 bridgehead atoms. The van der Waals surface area contributed by atoms with E-state index in [-0.39, 0.29) is 42.5 Å². The topological polar surface area (TPSA) is 76.2 Å². The Kier molecular flexibility index (Phi) is 11.9. The van der Waals surface area contributed by atoms with E-state index >= 15 is 0 Å². The van der Waals surface area contributed by atoms with Crippen LogP contribution in [0, 0.1) is 23.8 Å². The number of carbonyl (C=O) groups is 1. The van der Waals surface area contributed by atoms with E-state index in [1.54, 1.807) is 6.33 Å². The molecule has 2 aromatic heterocycles. The van der Waals surface area contributed by atoms with E-state index in [0.29, 0.717) is 5.92 Å². The molecular formula is C43H49IrN2O3-. The number of ketones is 1. The van der Waals surface area contributed by atoms with E-state index < -0.39 is 0 Å². The minimum Gasteiger partial charge on any atom is -0.512 e. The Morgan fingerprint density at radius 1 is 0.898 bits per heavy atom. The molecule has 0 spiro atoms. The van der Waals surface area contributed by atoms with E-state index in [9.17, 15) is 9.90 Å². The molecule has 0 unspecified atom stereocenters. The molecule has 6 aromatic rings. The summed E-state index contributed by atoms with van der Waals surface area (Å²) in [5.74, 6) is 0.736. The van der Waals surface area contributed by atoms with Gasteiger partial charge in [-0.15, -0.1) is 18.2 Å². The standard InChI is InChI=1S/C28H21N2O.C15H28O2.Ir/c1-16(2)19-11-12-20-21-8-5-9-23(28(21)31-24(20)14-19)26-22-13-10-18-7-4-6-17(3)25(18)27(22)30-15-29-26;1-7-14(5,8-2)12(16)11-13(17)15(6,9-3)10-4;/h4-8,10-16H,1-3H3;11,16H,7-10H2,1-6H3;/q-1;;/b;12-11-;. The van der Waals surface area contributed by atoms with Crippen molar-refractivity contribution < 1.29 is 34.4 Å². The number of furan rings is 1. The van der Waals surface area contributed by atoms with Gasteiger partial charge in [0.05, 0.1) is 11.1 Å². The molecule has 2 heterocycles. The van der Waals surface area contributed by atoms with Crippen LogP contribution < -0.4 is 0 Å². The Morgan fingerprint density at radius 2 is 1.57 bits per heavy atom. The van der Waals surface area contributed by atoms with Gasteiger partial charge >= 0.3 is 0 Å². The summed E-state index contributed by atoms with van der Waals surface area (Å²) in [5, 5.41) is 15.7. The van der Waals surface area contributed by atoms with Crippen LogP contribution in [0.4, 0.5) is 0 Å². The zero-order valence-corrected chi connectivity index (χ0v) is 32.7. The Morgan fingerprint density at radius 3 is 2.22 bits per heavy atom. The van der Waals surface area contributed by atoms with Gasteiger partial charge in [-0.3, -0.25) is 9.78 Å². The number of fused-ring (bicyclic) bond motifs is 6. The SMILES string of the molecule is CCC(C)(CC)C(=O)/C=C(\O)C(C)(CC)CC.Cc1cccc2ccc3c(-c4[c-]ccc5c4oc4cc(C(C)C)ccc45)ncnc3c12.[Ir]. The summed E-state index contributed by atoms with van der Waals surface area (Å²) in [7, 11) is 0. The molecule has 1 radical (unpaired) electrons. The average Bonchev–Trinajstić information content (AvgIpc) is 3.49. The van der Waals surface area contributed by atoms with Crippen LogP contribution in [0.25, 0.3) is 54.9 Å². The first-order valence-electron chi connectivity index (χ1n) is 17.4. The predicted molar refractivity (Wildman–Crippen MR) is 201 cm³/mol. The molecule has 49 heavy (non-hydrogen) atoms. The van der Waals surface area contributed by atoms with E-state index in [2.05, 4.69) is 91.4 Å². The number of aromatic nitrogens is 2. The number of aliphatic hydroxyl groups is 1. The zero-order valence-electron chi connectivity index (χ0n) is 30.3. The minimum atomic E-state index is -0.337. The fourth-order valence-electron chi connectivity index (χ4n) is 6.25. The van der Waals surface area contributed by atoms with Gasteiger partial charge in [-0.05, 0) is 66.5 Å². The second kappa shape index (κ2) is 15.4. The van der Waals surface area contributed by atoms with Crippen molar-refractivity contribution in [3.05, 3.63) is 96.0 Å². The molecule has 5 nitrogen and oxygen atoms in total. The average molecular weight is 834 g/mol. The van der Waals surface area contributed by atoms with Crippen molar-refractivity contribution in [1.29, 1.82) is 0 Å². The summed E-state index contributed by atoms with van der Waals surface area (Å²) in [6, 6.07) is 24.5. The summed E-state index contributed by atoms with van der Waals surface area (Å²) < 4.78 is 6.40. The van der Waals surface area contributed by atoms with E-state index in [0.717, 1.165) is 69.8 Å². The summed E-state index contributed by atoms with van der Waals surface area (Å²) in [4.78, 5) is 21.5. The molecule has 0 amide bonds. The van der Waals surface area contributed by atoms with E-state index in [1.165, 1.54) is 28.0 Å². The Bertz CT molecular complexity index is 2130. The number of aryl methyl sites for hydroxylation is 1. The quantitative estimate of drug-likeness (QED) is 0.0679. The smallest absolute Gasteiger partial charge is 0.164 e. The van der Waals surface area contributed by atoms with Gasteiger partial charge in [-0.25, -0.2) is 4.98 Å². The number of benzene rings is 4. The monoisotopic (exact) mass is 834 g/mol. The summed E-state index contributed by atoms with van der Waals surface area (Å²) in [5.41, 5.74) is 6.29. The van der Waals surface area contributed by atoms with Gasteiger partial charge < -0.3 is 9.52 Å². The first-order valence-corrected chi connectivity index (χ1v) is 17.4. The normalized spacial score (nSPS) is 12.4. The van der Waals surface area contributed by atoms with Gasteiger partial charge in [-0.2, -0.15) is 0 Å². The van der Waals surface area contributed by atoms with E-state index in [4.69, 9.17) is 4.42 Å². The molecule has 0 saturated carbocycles. The molecule has 259 valence electrons. The Balaban J connectivity index is 0.000000260. The Hall–Kier alpha value is -3.86. The molecule has 6 heteroatoms. The molecule has 0 atom stereocenters. The third kappa shape index (κ3) is 7.23. The van der Waals surface area contributed by atoms with Crippen molar-refractivity contribution in [3.8, 4) is 11.3 Å². The van der Waals surface area contributed by atoms with Crippen LogP contribution in [0.1, 0.15) is 98.1 Å². The fraction of sp³-hybridized carbons (Fsp3) is 0.372. The second-order valence-corrected chi connectivity index (χ2v) is 13.9. The van der Waals surface area contributed by atoms with Crippen LogP contribution in [0.5, 0.6) is 0 Å². The number of nitrogens with zero attached hydrogens (tertiary/aromatic N) is 2. The maximum atomic E-state index is 12.2. The number of carbonyl (C=O) groups excluding carboxylic acids is 1. The van der Waals surface area contributed by atoms with Gasteiger partial charge in [0.2, 0.25) is 0 Å². The van der Waals surface area contributed by atoms with Gasteiger partial charge in [0.15, 0.2) is 5.78 Å². The first kappa shape index (κ1) is 37.9. The number of hydrogen-bond donors (Lipinski definition) is 1. The van der Waals surface area contributed by atoms with Gasteiger partial charge in [0.1, 0.15) is 17.7 Å². The van der Waals surface area contributed by atoms with Crippen LogP contribution in [0.15, 0.2) is 83.2 Å². The van der Waals surface area contributed by atoms with Crippen LogP contribution >= 0.6 is 0 Å². The molecule has 4 aromatic carbocycles. The summed E-state index contributed by atoms with van der Waals surface area (Å²) in [6.07, 6.45) is 6.40. The van der Waals surface area contributed by atoms with Gasteiger partial charge in [0, 0.05) is 53.5 Å². The van der Waals surface area contributed by atoms with Gasteiger partial charge in [-0.1, -0.05) is 109 Å². The van der Waals surface area contributed by atoms with Crippen LogP contribution in [-0.2, 0) is 24.9 Å². The van der Waals surface area contributed by atoms with Crippen LogP contribution in [0.2, 0.25) is 0 Å². The molecule has 0 saturated heterocycles. The number of aliphatic hydroxyl groups excluding tert-OH is 1. The molecular weight excluding hydrogens is 785 g/mol. The minimum absolute atomic E-state index is 0. The molecule has 0 aliphatic carbocycles. The van der Waals surface area contributed by atoms with Crippen molar-refractivity contribution in [2.45, 2.75) is 93.9 Å². The largest absolute Gasteiger partial charge is 0.512 e. The van der Waals surface area contributed by atoms with Crippen molar-refractivity contribution >= 4 is 49.4 Å². The second-order valence-electron chi connectivity index (χ2n) is 13.9. The Labute approximate surface area is 304 Å². The fourth-order valence-corrected chi connectivity index (χ4v) is 6.25. The van der Waals surface area contributed by atoms with Crippen molar-refractivity contribution in [3.63, 3.8) is 0 Å². The first-order chi connectivity index (χ1) is 22.9.